The lowest BCUT2D eigenvalue weighted by Gasteiger charge is -2.07. The van der Waals surface area contributed by atoms with Crippen LogP contribution in [0.5, 0.6) is 0 Å². The van der Waals surface area contributed by atoms with Gasteiger partial charge in [0.25, 0.3) is 12.1 Å². The van der Waals surface area contributed by atoms with E-state index in [0.717, 1.165) is 19.3 Å². The minimum atomic E-state index is 0.127. The SMILES string of the molecule is CCC1[N+]#CC2(C=C2)CCC1N. The van der Waals surface area contributed by atoms with Crippen molar-refractivity contribution in [2.45, 2.75) is 38.3 Å². The second-order valence-corrected chi connectivity index (χ2v) is 3.79. The van der Waals surface area contributed by atoms with Crippen LogP contribution < -0.4 is 5.73 Å². The van der Waals surface area contributed by atoms with Gasteiger partial charge in [0, 0.05) is 6.42 Å². The van der Waals surface area contributed by atoms with Gasteiger partial charge in [-0.1, -0.05) is 23.9 Å². The van der Waals surface area contributed by atoms with E-state index < -0.39 is 0 Å². The highest BCUT2D eigenvalue weighted by Crippen LogP contribution is 2.41. The van der Waals surface area contributed by atoms with Crippen LogP contribution in [0.4, 0.5) is 0 Å². The summed E-state index contributed by atoms with van der Waals surface area (Å²) in [5.41, 5.74) is 6.10. The Bertz CT molecular complexity index is 263. The van der Waals surface area contributed by atoms with E-state index in [0.29, 0.717) is 6.04 Å². The topological polar surface area (TPSA) is 30.4 Å². The lowest BCUT2D eigenvalue weighted by Crippen LogP contribution is -2.31. The first-order chi connectivity index (χ1) is 5.76. The molecule has 1 spiro atoms. The van der Waals surface area contributed by atoms with Crippen molar-refractivity contribution in [2.24, 2.45) is 11.1 Å². The molecule has 0 aromatic heterocycles. The Balaban J connectivity index is 2.11. The summed E-state index contributed by atoms with van der Waals surface area (Å²) in [6.45, 7) is 2.13. The molecule has 0 saturated heterocycles. The number of rotatable bonds is 1. The first-order valence-corrected chi connectivity index (χ1v) is 4.69. The molecule has 1 aliphatic heterocycles. The third kappa shape index (κ3) is 1.25. The van der Waals surface area contributed by atoms with Gasteiger partial charge in [0.05, 0.1) is 6.04 Å². The summed E-state index contributed by atoms with van der Waals surface area (Å²) in [5, 5.41) is 0. The molecule has 2 aliphatic rings. The maximum Gasteiger partial charge on any atom is 0.288 e. The van der Waals surface area contributed by atoms with E-state index in [4.69, 9.17) is 5.73 Å². The molecule has 1 aliphatic carbocycles. The molecule has 2 nitrogen and oxygen atoms in total. The fraction of sp³-hybridized carbons (Fsp3) is 0.700. The molecule has 64 valence electrons. The minimum absolute atomic E-state index is 0.127. The molecule has 0 aromatic rings. The lowest BCUT2D eigenvalue weighted by molar-refractivity contribution is 0.497. The van der Waals surface area contributed by atoms with E-state index in [1.165, 1.54) is 0 Å². The van der Waals surface area contributed by atoms with Crippen LogP contribution in [0.25, 0.3) is 4.85 Å². The average Bonchev–Trinajstić information content (AvgIpc) is 2.84. The highest BCUT2D eigenvalue weighted by atomic mass is 14.8. The fourth-order valence-corrected chi connectivity index (χ4v) is 1.69. The highest BCUT2D eigenvalue weighted by Gasteiger charge is 2.42. The van der Waals surface area contributed by atoms with Gasteiger partial charge >= 0.3 is 0 Å². The van der Waals surface area contributed by atoms with E-state index >= 15 is 0 Å². The monoisotopic (exact) mass is 163 g/mol. The van der Waals surface area contributed by atoms with Gasteiger partial charge in [-0.2, -0.15) is 0 Å². The smallest absolute Gasteiger partial charge is 0.288 e. The van der Waals surface area contributed by atoms with Crippen LogP contribution in [0.1, 0.15) is 26.2 Å². The Hall–Kier alpha value is -0.810. The second-order valence-electron chi connectivity index (χ2n) is 3.79. The first kappa shape index (κ1) is 7.82. The summed E-state index contributed by atoms with van der Waals surface area (Å²) < 4.78 is 0. The molecule has 2 atom stereocenters. The molecule has 2 heteroatoms. The van der Waals surface area contributed by atoms with Crippen molar-refractivity contribution in [3.8, 4) is 6.07 Å². The third-order valence-corrected chi connectivity index (χ3v) is 2.81. The number of nitrogens with two attached hydrogens (primary N) is 1. The Morgan fingerprint density at radius 3 is 3.00 bits per heavy atom. The van der Waals surface area contributed by atoms with Crippen molar-refractivity contribution < 1.29 is 0 Å². The van der Waals surface area contributed by atoms with Crippen LogP contribution in [0, 0.1) is 11.5 Å². The van der Waals surface area contributed by atoms with Crippen LogP contribution in [0.15, 0.2) is 12.2 Å². The van der Waals surface area contributed by atoms with Crippen LogP contribution in [-0.2, 0) is 0 Å². The van der Waals surface area contributed by atoms with Gasteiger partial charge in [-0.3, -0.25) is 0 Å². The predicted octanol–water partition coefficient (Wildman–Crippen LogP) is 1.78. The molecule has 0 fully saturated rings. The summed E-state index contributed by atoms with van der Waals surface area (Å²) in [5.74, 6) is 0. The van der Waals surface area contributed by atoms with E-state index in [1.807, 2.05) is 0 Å². The average molecular weight is 163 g/mol. The van der Waals surface area contributed by atoms with Gasteiger partial charge in [0.15, 0.2) is 0 Å². The maximum atomic E-state index is 5.98. The van der Waals surface area contributed by atoms with E-state index in [2.05, 4.69) is 30.0 Å². The summed E-state index contributed by atoms with van der Waals surface area (Å²) in [6.07, 6.45) is 7.54. The highest BCUT2D eigenvalue weighted by molar-refractivity contribution is 5.39. The van der Waals surface area contributed by atoms with Gasteiger partial charge in [-0.25, -0.2) is 0 Å². The molecule has 2 N–H and O–H groups in total. The van der Waals surface area contributed by atoms with Crippen molar-refractivity contribution in [2.75, 3.05) is 0 Å². The summed E-state index contributed by atoms with van der Waals surface area (Å²) in [7, 11) is 0. The van der Waals surface area contributed by atoms with Crippen molar-refractivity contribution in [3.05, 3.63) is 17.0 Å². The molecule has 0 radical (unpaired) electrons. The zero-order valence-electron chi connectivity index (χ0n) is 7.46. The molecule has 0 amide bonds. The Morgan fingerprint density at radius 1 is 1.67 bits per heavy atom. The number of allylic oxidation sites excluding steroid dienone is 2. The number of hydrogen-bond acceptors (Lipinski definition) is 1. The summed E-state index contributed by atoms with van der Waals surface area (Å²) >= 11 is 0. The minimum Gasteiger partial charge on any atom is -0.321 e. The second kappa shape index (κ2) is 2.60. The van der Waals surface area contributed by atoms with Crippen LogP contribution in [0.3, 0.4) is 0 Å². The van der Waals surface area contributed by atoms with E-state index in [-0.39, 0.29) is 11.5 Å². The molecule has 2 rings (SSSR count). The summed E-state index contributed by atoms with van der Waals surface area (Å²) in [6, 6.07) is 3.74. The van der Waals surface area contributed by atoms with E-state index in [1.54, 1.807) is 0 Å². The quantitative estimate of drug-likeness (QED) is 0.587. The zero-order valence-corrected chi connectivity index (χ0v) is 7.46. The Morgan fingerprint density at radius 2 is 2.42 bits per heavy atom. The van der Waals surface area contributed by atoms with E-state index in [9.17, 15) is 0 Å². The molecule has 0 bridgehead atoms. The predicted molar refractivity (Wildman–Crippen MR) is 50.1 cm³/mol. The zero-order chi connectivity index (χ0) is 8.60. The van der Waals surface area contributed by atoms with Crippen molar-refractivity contribution in [1.82, 2.24) is 0 Å². The molecular formula is C10H15N2+. The van der Waals surface area contributed by atoms with Crippen LogP contribution in [-0.4, -0.2) is 12.1 Å². The third-order valence-electron chi connectivity index (χ3n) is 2.81. The van der Waals surface area contributed by atoms with Crippen molar-refractivity contribution >= 4 is 0 Å². The number of nitrogens with zero attached hydrogens (tertiary/aromatic N) is 1. The fourth-order valence-electron chi connectivity index (χ4n) is 1.69. The first-order valence-electron chi connectivity index (χ1n) is 4.69. The van der Waals surface area contributed by atoms with Gasteiger partial charge in [0.1, 0.15) is 5.41 Å². The van der Waals surface area contributed by atoms with Gasteiger partial charge in [-0.05, 0) is 12.8 Å². The Kier molecular flexibility index (Phi) is 1.69. The van der Waals surface area contributed by atoms with Crippen LogP contribution >= 0.6 is 0 Å². The van der Waals surface area contributed by atoms with Gasteiger partial charge in [-0.15, -0.1) is 0 Å². The molecule has 12 heavy (non-hydrogen) atoms. The molecule has 0 saturated carbocycles. The van der Waals surface area contributed by atoms with Gasteiger partial charge in [0.2, 0.25) is 0 Å². The Labute approximate surface area is 73.3 Å². The van der Waals surface area contributed by atoms with Crippen molar-refractivity contribution in [3.63, 3.8) is 0 Å². The molecule has 0 aromatic carbocycles. The molecular weight excluding hydrogens is 148 g/mol. The van der Waals surface area contributed by atoms with Gasteiger partial charge < -0.3 is 5.73 Å². The van der Waals surface area contributed by atoms with Crippen LogP contribution in [0.2, 0.25) is 0 Å². The standard InChI is InChI=1S/C10H15N2/c1-2-9-8(11)3-4-10(5-6-10)7-12-9/h5-6,8-9H,2-4,11H2,1H3/q+1. The maximum absolute atomic E-state index is 5.98. The lowest BCUT2D eigenvalue weighted by atomic mass is 9.95. The van der Waals surface area contributed by atoms with Crippen molar-refractivity contribution in [1.29, 1.82) is 0 Å². The molecule has 1 heterocycles. The summed E-state index contributed by atoms with van der Waals surface area (Å²) in [4.78, 5) is 4.40. The largest absolute Gasteiger partial charge is 0.321 e. The normalized spacial score (nSPS) is 35.5. The molecule has 2 unspecified atom stereocenters. The number of hydrogen-bond donors (Lipinski definition) is 1.